The van der Waals surface area contributed by atoms with Crippen LogP contribution in [0, 0.1) is 0 Å². The van der Waals surface area contributed by atoms with E-state index < -0.39 is 0 Å². The lowest BCUT2D eigenvalue weighted by Gasteiger charge is -2.37. The predicted molar refractivity (Wildman–Crippen MR) is 115 cm³/mol. The molecule has 0 aliphatic heterocycles. The molecule has 1 atom stereocenters. The van der Waals surface area contributed by atoms with Gasteiger partial charge in [0.25, 0.3) is 0 Å². The fourth-order valence-electron chi connectivity index (χ4n) is 4.72. The summed E-state index contributed by atoms with van der Waals surface area (Å²) in [5, 5.41) is 7.41. The summed E-state index contributed by atoms with van der Waals surface area (Å²) in [5.41, 5.74) is 8.00. The summed E-state index contributed by atoms with van der Waals surface area (Å²) in [7, 11) is 0. The Morgan fingerprint density at radius 1 is 1.11 bits per heavy atom. The smallest absolute Gasteiger partial charge is 0.0522 e. The SMILES string of the molecule is C=C(c1ccc(CC2=CCCC=C2)cc1)N(C1CC1)C1CCc2[nH]ncc2C1. The number of hydrogen-bond donors (Lipinski definition) is 1. The summed E-state index contributed by atoms with van der Waals surface area (Å²) in [4.78, 5) is 2.62. The van der Waals surface area contributed by atoms with Gasteiger partial charge in [0.2, 0.25) is 0 Å². The summed E-state index contributed by atoms with van der Waals surface area (Å²) in [5.74, 6) is 0. The van der Waals surface area contributed by atoms with Crippen LogP contribution in [0.5, 0.6) is 0 Å². The summed E-state index contributed by atoms with van der Waals surface area (Å²) in [6.45, 7) is 4.53. The van der Waals surface area contributed by atoms with E-state index in [1.54, 1.807) is 0 Å². The van der Waals surface area contributed by atoms with Crippen LogP contribution in [0.25, 0.3) is 5.70 Å². The van der Waals surface area contributed by atoms with Crippen LogP contribution in [0.15, 0.2) is 60.8 Å². The normalized spacial score (nSPS) is 21.1. The van der Waals surface area contributed by atoms with Crippen LogP contribution in [0.4, 0.5) is 0 Å². The summed E-state index contributed by atoms with van der Waals surface area (Å²) in [6, 6.07) is 10.3. The molecular formula is C25H29N3. The van der Waals surface area contributed by atoms with Crippen LogP contribution in [0.1, 0.15) is 54.5 Å². The first-order valence-electron chi connectivity index (χ1n) is 10.7. The minimum atomic E-state index is 0.544. The lowest BCUT2D eigenvalue weighted by molar-refractivity contribution is 0.259. The fourth-order valence-corrected chi connectivity index (χ4v) is 4.72. The Kier molecular flexibility index (Phi) is 4.67. The second-order valence-corrected chi connectivity index (χ2v) is 8.49. The molecular weight excluding hydrogens is 342 g/mol. The number of aromatic nitrogens is 2. The molecule has 28 heavy (non-hydrogen) atoms. The van der Waals surface area contributed by atoms with Crippen molar-refractivity contribution in [2.75, 3.05) is 0 Å². The van der Waals surface area contributed by atoms with Gasteiger partial charge in [-0.1, -0.05) is 49.1 Å². The van der Waals surface area contributed by atoms with Gasteiger partial charge in [0, 0.05) is 23.5 Å². The van der Waals surface area contributed by atoms with Crippen molar-refractivity contribution in [3.8, 4) is 0 Å². The number of aromatic amines is 1. The van der Waals surface area contributed by atoms with Gasteiger partial charge in [0.05, 0.1) is 6.20 Å². The molecule has 2 aromatic rings. The summed E-state index contributed by atoms with van der Waals surface area (Å²) < 4.78 is 0. The first-order valence-corrected chi connectivity index (χ1v) is 10.7. The zero-order valence-corrected chi connectivity index (χ0v) is 16.5. The minimum Gasteiger partial charge on any atom is -0.365 e. The molecule has 3 heteroatoms. The number of fused-ring (bicyclic) bond motifs is 1. The van der Waals surface area contributed by atoms with Crippen molar-refractivity contribution in [1.82, 2.24) is 15.1 Å². The van der Waals surface area contributed by atoms with Gasteiger partial charge in [-0.25, -0.2) is 0 Å². The molecule has 0 radical (unpaired) electrons. The molecule has 1 aromatic heterocycles. The van der Waals surface area contributed by atoms with Gasteiger partial charge in [0.1, 0.15) is 0 Å². The molecule has 5 rings (SSSR count). The molecule has 1 heterocycles. The Labute approximate surface area is 167 Å². The first kappa shape index (κ1) is 17.5. The third-order valence-corrected chi connectivity index (χ3v) is 6.40. The molecule has 1 saturated carbocycles. The van der Waals surface area contributed by atoms with Gasteiger partial charge in [-0.2, -0.15) is 5.10 Å². The number of nitrogens with zero attached hydrogens (tertiary/aromatic N) is 2. The Morgan fingerprint density at radius 2 is 1.96 bits per heavy atom. The Morgan fingerprint density at radius 3 is 2.71 bits per heavy atom. The van der Waals surface area contributed by atoms with Crippen LogP contribution in [-0.2, 0) is 19.3 Å². The second kappa shape index (κ2) is 7.46. The van der Waals surface area contributed by atoms with E-state index >= 15 is 0 Å². The molecule has 1 unspecified atom stereocenters. The Balaban J connectivity index is 1.31. The summed E-state index contributed by atoms with van der Waals surface area (Å²) >= 11 is 0. The van der Waals surface area contributed by atoms with Gasteiger partial charge in [0.15, 0.2) is 0 Å². The topological polar surface area (TPSA) is 31.9 Å². The first-order chi connectivity index (χ1) is 13.8. The monoisotopic (exact) mass is 371 g/mol. The van der Waals surface area contributed by atoms with Crippen molar-refractivity contribution < 1.29 is 0 Å². The van der Waals surface area contributed by atoms with Gasteiger partial charge >= 0.3 is 0 Å². The molecule has 0 saturated heterocycles. The van der Waals surface area contributed by atoms with Gasteiger partial charge in [-0.3, -0.25) is 5.10 Å². The average molecular weight is 372 g/mol. The molecule has 0 spiro atoms. The maximum absolute atomic E-state index is 4.53. The standard InChI is InChI=1S/C25H29N3/c1-18(21-9-7-20(8-10-21)15-19-5-3-2-4-6-19)28(23-11-12-23)24-13-14-25-22(16-24)17-26-27-25/h3,5-10,17,23-24H,1-2,4,11-16H2,(H,26,27). The van der Waals surface area contributed by atoms with E-state index in [0.717, 1.165) is 19.3 Å². The van der Waals surface area contributed by atoms with Crippen molar-refractivity contribution in [3.05, 3.63) is 83.2 Å². The molecule has 1 aromatic carbocycles. The van der Waals surface area contributed by atoms with Crippen LogP contribution < -0.4 is 0 Å². The lowest BCUT2D eigenvalue weighted by Crippen LogP contribution is -2.39. The van der Waals surface area contributed by atoms with Crippen molar-refractivity contribution in [3.63, 3.8) is 0 Å². The molecule has 3 aliphatic carbocycles. The van der Waals surface area contributed by atoms with Crippen molar-refractivity contribution in [2.24, 2.45) is 0 Å². The van der Waals surface area contributed by atoms with Gasteiger partial charge in [-0.15, -0.1) is 0 Å². The lowest BCUT2D eigenvalue weighted by atomic mass is 9.91. The molecule has 0 amide bonds. The highest BCUT2D eigenvalue weighted by Gasteiger charge is 2.36. The predicted octanol–water partition coefficient (Wildman–Crippen LogP) is 5.22. The maximum atomic E-state index is 4.53. The quantitative estimate of drug-likeness (QED) is 0.755. The Hall–Kier alpha value is -2.55. The largest absolute Gasteiger partial charge is 0.365 e. The molecule has 1 N–H and O–H groups in total. The second-order valence-electron chi connectivity index (χ2n) is 8.49. The van der Waals surface area contributed by atoms with E-state index in [1.165, 1.54) is 65.8 Å². The molecule has 3 aliphatic rings. The van der Waals surface area contributed by atoms with Gasteiger partial charge in [-0.05, 0) is 73.6 Å². The van der Waals surface area contributed by atoms with E-state index in [2.05, 4.69) is 64.2 Å². The number of nitrogens with one attached hydrogen (secondary N) is 1. The highest BCUT2D eigenvalue weighted by atomic mass is 15.2. The van der Waals surface area contributed by atoms with E-state index in [9.17, 15) is 0 Å². The van der Waals surface area contributed by atoms with Crippen LogP contribution >= 0.6 is 0 Å². The maximum Gasteiger partial charge on any atom is 0.0522 e. The molecule has 0 bridgehead atoms. The van der Waals surface area contributed by atoms with Crippen LogP contribution in [0.3, 0.4) is 0 Å². The van der Waals surface area contributed by atoms with Crippen LogP contribution in [0.2, 0.25) is 0 Å². The highest BCUT2D eigenvalue weighted by molar-refractivity contribution is 5.63. The number of H-pyrrole nitrogens is 1. The zero-order chi connectivity index (χ0) is 18.9. The molecule has 1 fully saturated rings. The van der Waals surface area contributed by atoms with Crippen molar-refractivity contribution in [1.29, 1.82) is 0 Å². The van der Waals surface area contributed by atoms with Gasteiger partial charge < -0.3 is 4.90 Å². The molecule has 144 valence electrons. The Bertz CT molecular complexity index is 912. The van der Waals surface area contributed by atoms with E-state index in [1.807, 2.05) is 6.20 Å². The minimum absolute atomic E-state index is 0.544. The fraction of sp³-hybridized carbons (Fsp3) is 0.400. The van der Waals surface area contributed by atoms with Crippen molar-refractivity contribution >= 4 is 5.70 Å². The van der Waals surface area contributed by atoms with E-state index in [4.69, 9.17) is 0 Å². The van der Waals surface area contributed by atoms with Crippen LogP contribution in [-0.4, -0.2) is 27.2 Å². The third kappa shape index (κ3) is 3.58. The van der Waals surface area contributed by atoms with E-state index in [0.29, 0.717) is 12.1 Å². The number of aryl methyl sites for hydroxylation is 1. The number of benzene rings is 1. The van der Waals surface area contributed by atoms with Crippen molar-refractivity contribution in [2.45, 2.75) is 63.5 Å². The average Bonchev–Trinajstić information content (AvgIpc) is 3.45. The third-order valence-electron chi connectivity index (χ3n) is 6.40. The highest BCUT2D eigenvalue weighted by Crippen LogP contribution is 2.38. The number of hydrogen-bond acceptors (Lipinski definition) is 2. The van der Waals surface area contributed by atoms with E-state index in [-0.39, 0.29) is 0 Å². The summed E-state index contributed by atoms with van der Waals surface area (Å²) in [6.07, 6.45) is 18.3. The zero-order valence-electron chi connectivity index (χ0n) is 16.5. The number of rotatable bonds is 6. The molecule has 3 nitrogen and oxygen atoms in total. The number of allylic oxidation sites excluding steroid dienone is 4.